The lowest BCUT2D eigenvalue weighted by Crippen LogP contribution is -2.11. The minimum Gasteiger partial charge on any atom is -0.322 e. The van der Waals surface area contributed by atoms with Gasteiger partial charge in [0.05, 0.1) is 5.69 Å². The Balaban J connectivity index is 1.55. The highest BCUT2D eigenvalue weighted by Crippen LogP contribution is 2.20. The number of hydrogen-bond donors (Lipinski definition) is 1. The summed E-state index contributed by atoms with van der Waals surface area (Å²) in [4.78, 5) is 12.3. The number of nitrogens with one attached hydrogen (secondary N) is 1. The van der Waals surface area contributed by atoms with Crippen molar-refractivity contribution in [3.63, 3.8) is 0 Å². The molecule has 0 unspecified atom stereocenters. The SMILES string of the molecule is Cc1nnc2ccc(-c3ccc(NC(=O)c4ccc(I)cc4)cc3)nn12. The zero-order chi connectivity index (χ0) is 18.1. The molecule has 0 radical (unpaired) electrons. The van der Waals surface area contributed by atoms with Gasteiger partial charge in [-0.2, -0.15) is 9.61 Å². The zero-order valence-electron chi connectivity index (χ0n) is 13.8. The Kier molecular flexibility index (Phi) is 4.37. The lowest BCUT2D eigenvalue weighted by Gasteiger charge is -2.07. The molecule has 2 heterocycles. The van der Waals surface area contributed by atoms with Crippen molar-refractivity contribution in [3.05, 3.63) is 75.6 Å². The topological polar surface area (TPSA) is 72.2 Å². The highest BCUT2D eigenvalue weighted by Gasteiger charge is 2.08. The summed E-state index contributed by atoms with van der Waals surface area (Å²) in [5, 5.41) is 15.5. The first-order valence-electron chi connectivity index (χ1n) is 7.96. The van der Waals surface area contributed by atoms with Crippen molar-refractivity contribution < 1.29 is 4.79 Å². The molecule has 26 heavy (non-hydrogen) atoms. The average molecular weight is 455 g/mol. The average Bonchev–Trinajstić information content (AvgIpc) is 3.03. The van der Waals surface area contributed by atoms with Gasteiger partial charge in [0.1, 0.15) is 0 Å². The Morgan fingerprint density at radius 2 is 1.69 bits per heavy atom. The summed E-state index contributed by atoms with van der Waals surface area (Å²) in [5.74, 6) is 0.608. The van der Waals surface area contributed by atoms with Crippen LogP contribution in [0.3, 0.4) is 0 Å². The van der Waals surface area contributed by atoms with Gasteiger partial charge in [0, 0.05) is 20.4 Å². The number of carbonyl (C=O) groups is 1. The minimum atomic E-state index is -0.131. The second kappa shape index (κ2) is 6.83. The number of aromatic nitrogens is 4. The minimum absolute atomic E-state index is 0.131. The Morgan fingerprint density at radius 1 is 0.962 bits per heavy atom. The van der Waals surface area contributed by atoms with E-state index in [1.54, 1.807) is 4.52 Å². The van der Waals surface area contributed by atoms with E-state index in [9.17, 15) is 4.79 Å². The van der Waals surface area contributed by atoms with Crippen LogP contribution in [0.15, 0.2) is 60.7 Å². The third kappa shape index (κ3) is 3.30. The molecule has 0 saturated carbocycles. The number of nitrogens with zero attached hydrogens (tertiary/aromatic N) is 4. The van der Waals surface area contributed by atoms with Crippen molar-refractivity contribution in [1.82, 2.24) is 19.8 Å². The normalized spacial score (nSPS) is 10.8. The van der Waals surface area contributed by atoms with E-state index in [0.717, 1.165) is 26.3 Å². The molecule has 7 heteroatoms. The van der Waals surface area contributed by atoms with Crippen molar-refractivity contribution in [2.24, 2.45) is 0 Å². The molecule has 6 nitrogen and oxygen atoms in total. The molecule has 1 amide bonds. The third-order valence-corrected chi connectivity index (χ3v) is 4.68. The first-order valence-corrected chi connectivity index (χ1v) is 9.04. The molecule has 0 atom stereocenters. The molecule has 0 bridgehead atoms. The van der Waals surface area contributed by atoms with E-state index in [0.29, 0.717) is 11.2 Å². The number of aryl methyl sites for hydroxylation is 1. The highest BCUT2D eigenvalue weighted by molar-refractivity contribution is 14.1. The Morgan fingerprint density at radius 3 is 2.42 bits per heavy atom. The van der Waals surface area contributed by atoms with Gasteiger partial charge < -0.3 is 5.32 Å². The number of carbonyl (C=O) groups excluding carboxylic acids is 1. The van der Waals surface area contributed by atoms with Crippen molar-refractivity contribution in [2.45, 2.75) is 6.92 Å². The Labute approximate surface area is 163 Å². The number of amides is 1. The Hall–Kier alpha value is -2.81. The summed E-state index contributed by atoms with van der Waals surface area (Å²) < 4.78 is 2.80. The number of hydrogen-bond acceptors (Lipinski definition) is 4. The van der Waals surface area contributed by atoms with Gasteiger partial charge in [0.25, 0.3) is 5.91 Å². The van der Waals surface area contributed by atoms with Gasteiger partial charge in [-0.15, -0.1) is 10.2 Å². The monoisotopic (exact) mass is 455 g/mol. The van der Waals surface area contributed by atoms with Crippen LogP contribution in [-0.4, -0.2) is 25.7 Å². The number of anilines is 1. The molecule has 0 fully saturated rings. The molecule has 1 N–H and O–H groups in total. The van der Waals surface area contributed by atoms with E-state index in [2.05, 4.69) is 43.2 Å². The van der Waals surface area contributed by atoms with Crippen LogP contribution in [0.2, 0.25) is 0 Å². The van der Waals surface area contributed by atoms with Crippen LogP contribution in [0.5, 0.6) is 0 Å². The Bertz CT molecular complexity index is 1090. The van der Waals surface area contributed by atoms with Crippen molar-refractivity contribution >= 4 is 39.8 Å². The summed E-state index contributed by atoms with van der Waals surface area (Å²) in [6.07, 6.45) is 0. The van der Waals surface area contributed by atoms with Gasteiger partial charge in [-0.05, 0) is 78.0 Å². The standard InChI is InChI=1S/C19H14IN5O/c1-12-22-23-18-11-10-17(24-25(12)18)13-4-8-16(9-5-13)21-19(26)14-2-6-15(20)7-3-14/h2-11H,1H3,(H,21,26). The fourth-order valence-corrected chi connectivity index (χ4v) is 2.94. The van der Waals surface area contributed by atoms with E-state index >= 15 is 0 Å². The van der Waals surface area contributed by atoms with Gasteiger partial charge in [0.2, 0.25) is 0 Å². The third-order valence-electron chi connectivity index (χ3n) is 3.96. The van der Waals surface area contributed by atoms with Crippen LogP contribution < -0.4 is 5.32 Å². The maximum atomic E-state index is 12.3. The molecule has 4 aromatic rings. The van der Waals surface area contributed by atoms with Gasteiger partial charge in [-0.25, -0.2) is 0 Å². The number of benzene rings is 2. The van der Waals surface area contributed by atoms with Crippen LogP contribution in [0, 0.1) is 10.5 Å². The van der Waals surface area contributed by atoms with E-state index in [4.69, 9.17) is 0 Å². The molecule has 2 aromatic heterocycles. The smallest absolute Gasteiger partial charge is 0.255 e. The molecule has 0 aliphatic rings. The first-order chi connectivity index (χ1) is 12.6. The maximum Gasteiger partial charge on any atom is 0.255 e. The summed E-state index contributed by atoms with van der Waals surface area (Å²) in [5.41, 5.74) is 3.85. The fourth-order valence-electron chi connectivity index (χ4n) is 2.58. The van der Waals surface area contributed by atoms with Crippen LogP contribution in [-0.2, 0) is 0 Å². The highest BCUT2D eigenvalue weighted by atomic mass is 127. The van der Waals surface area contributed by atoms with Gasteiger partial charge in [-0.1, -0.05) is 12.1 Å². The lowest BCUT2D eigenvalue weighted by molar-refractivity contribution is 0.102. The van der Waals surface area contributed by atoms with E-state index in [-0.39, 0.29) is 5.91 Å². The number of halogens is 1. The van der Waals surface area contributed by atoms with Gasteiger partial charge >= 0.3 is 0 Å². The van der Waals surface area contributed by atoms with Crippen LogP contribution >= 0.6 is 22.6 Å². The van der Waals surface area contributed by atoms with Crippen molar-refractivity contribution in [2.75, 3.05) is 5.32 Å². The van der Waals surface area contributed by atoms with Crippen molar-refractivity contribution in [3.8, 4) is 11.3 Å². The molecule has 0 aliphatic heterocycles. The van der Waals surface area contributed by atoms with Crippen LogP contribution in [0.4, 0.5) is 5.69 Å². The molecule has 0 aliphatic carbocycles. The fraction of sp³-hybridized carbons (Fsp3) is 0.0526. The molecule has 0 spiro atoms. The van der Waals surface area contributed by atoms with Gasteiger partial charge in [-0.3, -0.25) is 4.79 Å². The number of fused-ring (bicyclic) bond motifs is 1. The summed E-state index contributed by atoms with van der Waals surface area (Å²) in [6.45, 7) is 1.86. The molecule has 128 valence electrons. The molecular formula is C19H14IN5O. The van der Waals surface area contributed by atoms with E-state index in [1.165, 1.54) is 0 Å². The summed E-state index contributed by atoms with van der Waals surface area (Å²) in [7, 11) is 0. The molecule has 0 saturated heterocycles. The maximum absolute atomic E-state index is 12.3. The zero-order valence-corrected chi connectivity index (χ0v) is 16.0. The predicted octanol–water partition coefficient (Wildman–Crippen LogP) is 3.96. The second-order valence-electron chi connectivity index (χ2n) is 5.77. The molecular weight excluding hydrogens is 441 g/mol. The predicted molar refractivity (Wildman–Crippen MR) is 108 cm³/mol. The lowest BCUT2D eigenvalue weighted by atomic mass is 10.1. The van der Waals surface area contributed by atoms with E-state index in [1.807, 2.05) is 67.6 Å². The van der Waals surface area contributed by atoms with Crippen molar-refractivity contribution in [1.29, 1.82) is 0 Å². The summed E-state index contributed by atoms with van der Waals surface area (Å²) >= 11 is 2.21. The number of rotatable bonds is 3. The first kappa shape index (κ1) is 16.6. The molecule has 2 aromatic carbocycles. The second-order valence-corrected chi connectivity index (χ2v) is 7.02. The van der Waals surface area contributed by atoms with Gasteiger partial charge in [0.15, 0.2) is 11.5 Å². The van der Waals surface area contributed by atoms with E-state index < -0.39 is 0 Å². The van der Waals surface area contributed by atoms with Crippen LogP contribution in [0.25, 0.3) is 16.9 Å². The molecule has 4 rings (SSSR count). The quantitative estimate of drug-likeness (QED) is 0.475. The summed E-state index contributed by atoms with van der Waals surface area (Å²) in [6, 6.07) is 18.8. The van der Waals surface area contributed by atoms with Crippen LogP contribution in [0.1, 0.15) is 16.2 Å². The largest absolute Gasteiger partial charge is 0.322 e.